The van der Waals surface area contributed by atoms with Gasteiger partial charge in [-0.3, -0.25) is 0 Å². The highest BCUT2D eigenvalue weighted by Crippen LogP contribution is 2.16. The molecule has 0 aliphatic heterocycles. The Morgan fingerprint density at radius 3 is 2.18 bits per heavy atom. The van der Waals surface area contributed by atoms with Crippen molar-refractivity contribution in [3.63, 3.8) is 0 Å². The van der Waals surface area contributed by atoms with Crippen LogP contribution in [0, 0.1) is 27.7 Å². The van der Waals surface area contributed by atoms with Crippen molar-refractivity contribution in [1.29, 1.82) is 0 Å². The van der Waals surface area contributed by atoms with Crippen molar-refractivity contribution in [2.24, 2.45) is 5.10 Å². The molecule has 0 saturated carbocycles. The SMILES string of the molecule is Cc1ccc(C)c(C=NNS(=O)(=O)c2cc(C)ccc2C)c1. The van der Waals surface area contributed by atoms with Crippen LogP contribution in [0.4, 0.5) is 0 Å². The van der Waals surface area contributed by atoms with Gasteiger partial charge >= 0.3 is 0 Å². The van der Waals surface area contributed by atoms with Crippen LogP contribution in [0.25, 0.3) is 0 Å². The highest BCUT2D eigenvalue weighted by Gasteiger charge is 2.15. The van der Waals surface area contributed by atoms with Gasteiger partial charge in [0, 0.05) is 0 Å². The first-order chi connectivity index (χ1) is 10.3. The fraction of sp³-hybridized carbons (Fsp3) is 0.235. The molecule has 0 aliphatic rings. The molecular formula is C17H20N2O2S. The van der Waals surface area contributed by atoms with Gasteiger partial charge in [0.2, 0.25) is 0 Å². The largest absolute Gasteiger partial charge is 0.276 e. The van der Waals surface area contributed by atoms with Crippen molar-refractivity contribution in [2.45, 2.75) is 32.6 Å². The summed E-state index contributed by atoms with van der Waals surface area (Å²) in [6.07, 6.45) is 1.53. The predicted molar refractivity (Wildman–Crippen MR) is 89.7 cm³/mol. The van der Waals surface area contributed by atoms with Crippen LogP contribution in [-0.4, -0.2) is 14.6 Å². The zero-order valence-electron chi connectivity index (χ0n) is 13.2. The zero-order chi connectivity index (χ0) is 16.3. The van der Waals surface area contributed by atoms with E-state index in [4.69, 9.17) is 0 Å². The fourth-order valence-electron chi connectivity index (χ4n) is 2.11. The van der Waals surface area contributed by atoms with E-state index in [1.165, 1.54) is 6.21 Å². The summed E-state index contributed by atoms with van der Waals surface area (Å²) in [5.74, 6) is 0. The van der Waals surface area contributed by atoms with Crippen molar-refractivity contribution >= 4 is 16.2 Å². The average molecular weight is 316 g/mol. The molecular weight excluding hydrogens is 296 g/mol. The minimum absolute atomic E-state index is 0.255. The minimum atomic E-state index is -3.65. The third kappa shape index (κ3) is 3.74. The number of hydrazone groups is 1. The first kappa shape index (κ1) is 16.2. The lowest BCUT2D eigenvalue weighted by molar-refractivity contribution is 0.584. The topological polar surface area (TPSA) is 58.5 Å². The Kier molecular flexibility index (Phi) is 4.66. The predicted octanol–water partition coefficient (Wildman–Crippen LogP) is 3.23. The summed E-state index contributed by atoms with van der Waals surface area (Å²) in [7, 11) is -3.65. The number of hydrogen-bond acceptors (Lipinski definition) is 3. The zero-order valence-corrected chi connectivity index (χ0v) is 14.0. The number of nitrogens with one attached hydrogen (secondary N) is 1. The molecule has 4 nitrogen and oxygen atoms in total. The molecule has 2 aromatic rings. The summed E-state index contributed by atoms with van der Waals surface area (Å²) in [5.41, 5.74) is 4.62. The Morgan fingerprint density at radius 1 is 0.909 bits per heavy atom. The van der Waals surface area contributed by atoms with Crippen molar-refractivity contribution in [2.75, 3.05) is 0 Å². The molecule has 2 aromatic carbocycles. The van der Waals surface area contributed by atoms with E-state index in [0.29, 0.717) is 5.56 Å². The minimum Gasteiger partial charge on any atom is -0.200 e. The van der Waals surface area contributed by atoms with E-state index in [1.54, 1.807) is 19.1 Å². The highest BCUT2D eigenvalue weighted by molar-refractivity contribution is 7.89. The smallest absolute Gasteiger partial charge is 0.200 e. The first-order valence-corrected chi connectivity index (χ1v) is 8.47. The van der Waals surface area contributed by atoms with Crippen LogP contribution in [0.5, 0.6) is 0 Å². The summed E-state index contributed by atoms with van der Waals surface area (Å²) < 4.78 is 24.6. The average Bonchev–Trinajstić information content (AvgIpc) is 2.45. The number of nitrogens with zero attached hydrogens (tertiary/aromatic N) is 1. The fourth-order valence-corrected chi connectivity index (χ4v) is 3.23. The lowest BCUT2D eigenvalue weighted by atomic mass is 10.1. The normalized spacial score (nSPS) is 11.8. The molecule has 0 heterocycles. The van der Waals surface area contributed by atoms with E-state index in [0.717, 1.165) is 22.3 Å². The maximum absolute atomic E-state index is 12.3. The second-order valence-electron chi connectivity index (χ2n) is 5.48. The van der Waals surface area contributed by atoms with Crippen molar-refractivity contribution in [3.8, 4) is 0 Å². The van der Waals surface area contributed by atoms with E-state index >= 15 is 0 Å². The van der Waals surface area contributed by atoms with E-state index in [-0.39, 0.29) is 4.90 Å². The maximum Gasteiger partial charge on any atom is 0.276 e. The second-order valence-corrected chi connectivity index (χ2v) is 7.11. The third-order valence-corrected chi connectivity index (χ3v) is 4.81. The van der Waals surface area contributed by atoms with Crippen molar-refractivity contribution in [1.82, 2.24) is 4.83 Å². The van der Waals surface area contributed by atoms with Crippen molar-refractivity contribution < 1.29 is 8.42 Å². The van der Waals surface area contributed by atoms with Gasteiger partial charge < -0.3 is 0 Å². The summed E-state index contributed by atoms with van der Waals surface area (Å²) in [4.78, 5) is 2.54. The Labute approximate surface area is 131 Å². The van der Waals surface area contributed by atoms with Crippen LogP contribution < -0.4 is 4.83 Å². The molecule has 0 radical (unpaired) electrons. The van der Waals surface area contributed by atoms with Crippen LogP contribution in [0.3, 0.4) is 0 Å². The molecule has 0 aliphatic carbocycles. The Balaban J connectivity index is 2.24. The first-order valence-electron chi connectivity index (χ1n) is 6.99. The number of aryl methyl sites for hydroxylation is 4. The van der Waals surface area contributed by atoms with Crippen LogP contribution in [0.2, 0.25) is 0 Å². The molecule has 0 spiro atoms. The standard InChI is InChI=1S/C17H20N2O2S/c1-12-5-7-14(3)16(9-12)11-18-19-22(20,21)17-10-13(2)6-8-15(17)4/h5-11,19H,1-4H3. The molecule has 5 heteroatoms. The summed E-state index contributed by atoms with van der Waals surface area (Å²) in [6.45, 7) is 7.57. The van der Waals surface area contributed by atoms with Gasteiger partial charge in [-0.05, 0) is 56.0 Å². The van der Waals surface area contributed by atoms with Gasteiger partial charge in [0.05, 0.1) is 11.1 Å². The Morgan fingerprint density at radius 2 is 1.50 bits per heavy atom. The summed E-state index contributed by atoms with van der Waals surface area (Å²) in [6, 6.07) is 11.3. The lowest BCUT2D eigenvalue weighted by Crippen LogP contribution is -2.19. The lowest BCUT2D eigenvalue weighted by Gasteiger charge is -2.08. The van der Waals surface area contributed by atoms with Crippen LogP contribution >= 0.6 is 0 Å². The third-order valence-electron chi connectivity index (χ3n) is 3.44. The molecule has 116 valence electrons. The van der Waals surface area contributed by atoms with Gasteiger partial charge in [-0.25, -0.2) is 4.83 Å². The highest BCUT2D eigenvalue weighted by atomic mass is 32.2. The number of sulfonamides is 1. The Bertz CT molecular complexity index is 825. The van der Waals surface area contributed by atoms with Crippen molar-refractivity contribution in [3.05, 3.63) is 64.2 Å². The molecule has 22 heavy (non-hydrogen) atoms. The van der Waals surface area contributed by atoms with Gasteiger partial charge in [0.15, 0.2) is 0 Å². The number of benzene rings is 2. The van der Waals surface area contributed by atoms with E-state index in [1.807, 2.05) is 45.0 Å². The van der Waals surface area contributed by atoms with Crippen LogP contribution in [0.1, 0.15) is 27.8 Å². The molecule has 0 aromatic heterocycles. The van der Waals surface area contributed by atoms with Gasteiger partial charge in [-0.1, -0.05) is 35.9 Å². The molecule has 1 N–H and O–H groups in total. The van der Waals surface area contributed by atoms with Gasteiger partial charge in [0.1, 0.15) is 0 Å². The van der Waals surface area contributed by atoms with Gasteiger partial charge in [-0.15, -0.1) is 0 Å². The molecule has 0 fully saturated rings. The molecule has 0 unspecified atom stereocenters. The summed E-state index contributed by atoms with van der Waals surface area (Å²) >= 11 is 0. The summed E-state index contributed by atoms with van der Waals surface area (Å²) in [5, 5.41) is 3.90. The second kappa shape index (κ2) is 6.32. The molecule has 0 saturated heterocycles. The Hall–Kier alpha value is -2.14. The molecule has 0 amide bonds. The number of hydrogen-bond donors (Lipinski definition) is 1. The van der Waals surface area contributed by atoms with E-state index < -0.39 is 10.0 Å². The maximum atomic E-state index is 12.3. The van der Waals surface area contributed by atoms with Gasteiger partial charge in [-0.2, -0.15) is 13.5 Å². The monoisotopic (exact) mass is 316 g/mol. The molecule has 0 bridgehead atoms. The van der Waals surface area contributed by atoms with Crippen LogP contribution in [-0.2, 0) is 10.0 Å². The number of rotatable bonds is 4. The van der Waals surface area contributed by atoms with E-state index in [2.05, 4.69) is 9.93 Å². The molecule has 0 atom stereocenters. The van der Waals surface area contributed by atoms with E-state index in [9.17, 15) is 8.42 Å². The van der Waals surface area contributed by atoms with Gasteiger partial charge in [0.25, 0.3) is 10.0 Å². The molecule has 2 rings (SSSR count). The van der Waals surface area contributed by atoms with Crippen LogP contribution in [0.15, 0.2) is 46.4 Å². The quantitative estimate of drug-likeness (QED) is 0.695.